The maximum absolute atomic E-state index is 12.4. The van der Waals surface area contributed by atoms with Crippen LogP contribution >= 0.6 is 22.7 Å². The van der Waals surface area contributed by atoms with Crippen molar-refractivity contribution in [2.75, 3.05) is 7.11 Å². The van der Waals surface area contributed by atoms with E-state index in [-0.39, 0.29) is 5.56 Å². The van der Waals surface area contributed by atoms with Crippen LogP contribution < -0.4 is 14.8 Å². The molecule has 0 aliphatic rings. The summed E-state index contributed by atoms with van der Waals surface area (Å²) in [5, 5.41) is 6.32. The van der Waals surface area contributed by atoms with Gasteiger partial charge in [-0.25, -0.2) is 0 Å². The maximum Gasteiger partial charge on any atom is 0.291 e. The molecule has 1 aromatic carbocycles. The highest BCUT2D eigenvalue weighted by molar-refractivity contribution is 7.15. The van der Waals surface area contributed by atoms with Gasteiger partial charge in [0.2, 0.25) is 4.96 Å². The zero-order chi connectivity index (χ0) is 15.8. The predicted molar refractivity (Wildman–Crippen MR) is 92.2 cm³/mol. The minimum Gasteiger partial charge on any atom is -0.497 e. The molecule has 3 heterocycles. The molecule has 3 aromatic heterocycles. The van der Waals surface area contributed by atoms with Crippen molar-refractivity contribution in [3.63, 3.8) is 0 Å². The summed E-state index contributed by atoms with van der Waals surface area (Å²) >= 11 is 2.94. The molecule has 23 heavy (non-hydrogen) atoms. The number of hydrogen-bond donors (Lipinski definition) is 0. The van der Waals surface area contributed by atoms with Crippen LogP contribution in [0.15, 0.2) is 46.6 Å². The molecular weight excluding hydrogens is 330 g/mol. The van der Waals surface area contributed by atoms with Crippen LogP contribution in [0.5, 0.6) is 5.75 Å². The highest BCUT2D eigenvalue weighted by atomic mass is 32.1. The third-order valence-electron chi connectivity index (χ3n) is 3.35. The van der Waals surface area contributed by atoms with Crippen LogP contribution in [0.2, 0.25) is 0 Å². The molecule has 0 unspecified atom stereocenters. The summed E-state index contributed by atoms with van der Waals surface area (Å²) in [7, 11) is 1.62. The molecule has 4 aromatic rings. The number of hydrogen-bond acceptors (Lipinski definition) is 6. The Morgan fingerprint density at radius 1 is 1.22 bits per heavy atom. The van der Waals surface area contributed by atoms with Crippen LogP contribution in [0.4, 0.5) is 0 Å². The first-order valence-electron chi connectivity index (χ1n) is 6.84. The van der Waals surface area contributed by atoms with Crippen molar-refractivity contribution in [1.29, 1.82) is 0 Å². The third kappa shape index (κ3) is 2.54. The molecule has 7 heteroatoms. The fraction of sp³-hybridized carbons (Fsp3) is 0.0625. The molecule has 0 saturated carbocycles. The largest absolute Gasteiger partial charge is 0.497 e. The van der Waals surface area contributed by atoms with Gasteiger partial charge in [0.25, 0.3) is 5.56 Å². The molecular formula is C16H11N3O2S2. The number of fused-ring (bicyclic) bond motifs is 1. The van der Waals surface area contributed by atoms with Crippen molar-refractivity contribution >= 4 is 33.7 Å². The van der Waals surface area contributed by atoms with Crippen LogP contribution in [-0.4, -0.2) is 21.7 Å². The number of aromatic nitrogens is 3. The van der Waals surface area contributed by atoms with E-state index < -0.39 is 0 Å². The monoisotopic (exact) mass is 341 g/mol. The molecule has 0 spiro atoms. The van der Waals surface area contributed by atoms with Gasteiger partial charge >= 0.3 is 0 Å². The Bertz CT molecular complexity index is 1060. The number of benzene rings is 1. The lowest BCUT2D eigenvalue weighted by molar-refractivity contribution is 0.415. The average molecular weight is 341 g/mol. The summed E-state index contributed by atoms with van der Waals surface area (Å²) in [5.41, 5.74) is 0.718. The Labute approximate surface area is 139 Å². The molecule has 0 N–H and O–H groups in total. The summed E-state index contributed by atoms with van der Waals surface area (Å²) in [6.45, 7) is 0. The first-order chi connectivity index (χ1) is 11.2. The fourth-order valence-electron chi connectivity index (χ4n) is 2.20. The van der Waals surface area contributed by atoms with Gasteiger partial charge in [-0.1, -0.05) is 17.4 Å². The fourth-order valence-corrected chi connectivity index (χ4v) is 3.83. The molecule has 0 aliphatic heterocycles. The van der Waals surface area contributed by atoms with Crippen molar-refractivity contribution in [1.82, 2.24) is 14.6 Å². The van der Waals surface area contributed by atoms with E-state index in [1.165, 1.54) is 15.9 Å². The van der Waals surface area contributed by atoms with Crippen molar-refractivity contribution in [2.45, 2.75) is 0 Å². The van der Waals surface area contributed by atoms with E-state index in [0.717, 1.165) is 16.2 Å². The van der Waals surface area contributed by atoms with Crippen LogP contribution in [0.3, 0.4) is 0 Å². The zero-order valence-electron chi connectivity index (χ0n) is 12.1. The van der Waals surface area contributed by atoms with Crippen LogP contribution in [0.25, 0.3) is 22.4 Å². The quantitative estimate of drug-likeness (QED) is 0.574. The van der Waals surface area contributed by atoms with Crippen molar-refractivity contribution in [3.05, 3.63) is 61.5 Å². The number of ether oxygens (including phenoxy) is 1. The van der Waals surface area contributed by atoms with Crippen molar-refractivity contribution in [2.24, 2.45) is 0 Å². The van der Waals surface area contributed by atoms with E-state index in [9.17, 15) is 4.79 Å². The molecule has 0 atom stereocenters. The minimum absolute atomic E-state index is 0.134. The topological polar surface area (TPSA) is 56.5 Å². The second-order valence-electron chi connectivity index (χ2n) is 4.79. The lowest BCUT2D eigenvalue weighted by atomic mass is 10.2. The van der Waals surface area contributed by atoms with E-state index in [1.54, 1.807) is 18.4 Å². The normalized spacial score (nSPS) is 12.1. The second-order valence-corrected chi connectivity index (χ2v) is 6.78. The van der Waals surface area contributed by atoms with E-state index in [1.807, 2.05) is 47.9 Å². The Kier molecular flexibility index (Phi) is 3.44. The Hall–Kier alpha value is -2.51. The third-order valence-corrected chi connectivity index (χ3v) is 5.13. The molecule has 0 aliphatic carbocycles. The van der Waals surface area contributed by atoms with Gasteiger partial charge in [-0.3, -0.25) is 4.79 Å². The van der Waals surface area contributed by atoms with Gasteiger partial charge in [-0.05, 0) is 41.8 Å². The molecule has 4 rings (SSSR count). The summed E-state index contributed by atoms with van der Waals surface area (Å²) in [6.07, 6.45) is 1.88. The molecule has 114 valence electrons. The van der Waals surface area contributed by atoms with Gasteiger partial charge in [0.15, 0.2) is 5.82 Å². The van der Waals surface area contributed by atoms with Gasteiger partial charge in [0.05, 0.1) is 11.6 Å². The summed E-state index contributed by atoms with van der Waals surface area (Å²) in [5.74, 6) is 1.31. The zero-order valence-corrected chi connectivity index (χ0v) is 13.7. The Morgan fingerprint density at radius 2 is 2.04 bits per heavy atom. The standard InChI is InChI=1S/C16H11N3O2S2/c1-21-11-6-4-10(5-7-11)14-17-16-19(18-14)15(20)13(23-16)9-12-3-2-8-22-12/h2-9H,1H3. The summed E-state index contributed by atoms with van der Waals surface area (Å²) in [4.78, 5) is 18.5. The number of thiophene rings is 1. The van der Waals surface area contributed by atoms with Crippen LogP contribution in [0, 0.1) is 0 Å². The molecule has 0 fully saturated rings. The lowest BCUT2D eigenvalue weighted by Crippen LogP contribution is -2.23. The lowest BCUT2D eigenvalue weighted by Gasteiger charge is -1.99. The SMILES string of the molecule is COc1ccc(-c2nc3sc(=Cc4cccs4)c(=O)n3n2)cc1. The number of thiazole rings is 1. The molecule has 0 bridgehead atoms. The minimum atomic E-state index is -0.134. The number of nitrogens with zero attached hydrogens (tertiary/aromatic N) is 3. The van der Waals surface area contributed by atoms with Crippen LogP contribution in [-0.2, 0) is 0 Å². The first kappa shape index (κ1) is 14.1. The Balaban J connectivity index is 1.79. The van der Waals surface area contributed by atoms with Gasteiger partial charge in [0, 0.05) is 10.4 Å². The smallest absolute Gasteiger partial charge is 0.291 e. The Morgan fingerprint density at radius 3 is 2.70 bits per heavy atom. The average Bonchev–Trinajstić information content (AvgIpc) is 3.28. The predicted octanol–water partition coefficient (Wildman–Crippen LogP) is 2.44. The van der Waals surface area contributed by atoms with Crippen molar-refractivity contribution in [3.8, 4) is 17.1 Å². The molecule has 5 nitrogen and oxygen atoms in total. The molecule has 0 amide bonds. The molecule has 0 radical (unpaired) electrons. The van der Waals surface area contributed by atoms with Gasteiger partial charge in [0.1, 0.15) is 5.75 Å². The van der Waals surface area contributed by atoms with Gasteiger partial charge in [-0.15, -0.1) is 16.4 Å². The van der Waals surface area contributed by atoms with Crippen molar-refractivity contribution < 1.29 is 4.74 Å². The highest BCUT2D eigenvalue weighted by Gasteiger charge is 2.12. The number of rotatable bonds is 3. The second kappa shape index (κ2) is 5.60. The summed E-state index contributed by atoms with van der Waals surface area (Å²) < 4.78 is 7.14. The maximum atomic E-state index is 12.4. The number of methoxy groups -OCH3 is 1. The van der Waals surface area contributed by atoms with E-state index in [4.69, 9.17) is 4.74 Å². The first-order valence-corrected chi connectivity index (χ1v) is 8.53. The van der Waals surface area contributed by atoms with Crippen LogP contribution in [0.1, 0.15) is 4.88 Å². The molecule has 0 saturated heterocycles. The van der Waals surface area contributed by atoms with Gasteiger partial charge < -0.3 is 4.74 Å². The van der Waals surface area contributed by atoms with E-state index >= 15 is 0 Å². The summed E-state index contributed by atoms with van der Waals surface area (Å²) in [6, 6.07) is 11.4. The van der Waals surface area contributed by atoms with E-state index in [0.29, 0.717) is 15.3 Å². The highest BCUT2D eigenvalue weighted by Crippen LogP contribution is 2.20. The van der Waals surface area contributed by atoms with E-state index in [2.05, 4.69) is 10.1 Å². The van der Waals surface area contributed by atoms with Gasteiger partial charge in [-0.2, -0.15) is 9.50 Å².